The third kappa shape index (κ3) is 5.86. The Hall–Kier alpha value is -4.57. The maximum atomic E-state index is 13.7. The molecule has 0 aliphatic carbocycles. The van der Waals surface area contributed by atoms with Crippen molar-refractivity contribution < 1.29 is 22.7 Å². The highest BCUT2D eigenvalue weighted by Crippen LogP contribution is 2.32. The third-order valence-corrected chi connectivity index (χ3v) is 8.26. The van der Waals surface area contributed by atoms with Crippen LogP contribution in [0.4, 0.5) is 5.69 Å². The minimum Gasteiger partial charge on any atom is -0.493 e. The number of aromatic nitrogens is 1. The van der Waals surface area contributed by atoms with Crippen molar-refractivity contribution in [3.05, 3.63) is 101 Å². The van der Waals surface area contributed by atoms with E-state index in [1.54, 1.807) is 36.5 Å². The average Bonchev–Trinajstić information content (AvgIpc) is 3.24. The molecule has 0 fully saturated rings. The quantitative estimate of drug-likeness (QED) is 0.223. The molecule has 1 aromatic heterocycles. The van der Waals surface area contributed by atoms with Gasteiger partial charge in [-0.15, -0.1) is 0 Å². The molecule has 0 radical (unpaired) electrons. The Morgan fingerprint density at radius 2 is 1.60 bits per heavy atom. The van der Waals surface area contributed by atoms with Gasteiger partial charge in [0, 0.05) is 28.7 Å². The summed E-state index contributed by atoms with van der Waals surface area (Å²) < 4.78 is 41.0. The molecular formula is C30H32N4O5S. The van der Waals surface area contributed by atoms with Crippen LogP contribution in [0.2, 0.25) is 0 Å². The number of ether oxygens (including phenoxy) is 2. The molecule has 1 N–H and O–H groups in total. The Kier molecular flexibility index (Phi) is 8.59. The van der Waals surface area contributed by atoms with Gasteiger partial charge in [-0.3, -0.25) is 9.10 Å². The molecule has 1 amide bonds. The van der Waals surface area contributed by atoms with E-state index in [4.69, 9.17) is 9.47 Å². The molecule has 10 heteroatoms. The second-order valence-electron chi connectivity index (χ2n) is 9.11. The number of carbonyl (C=O) groups is 1. The predicted octanol–water partition coefficient (Wildman–Crippen LogP) is 4.77. The Morgan fingerprint density at radius 1 is 0.925 bits per heavy atom. The van der Waals surface area contributed by atoms with Crippen LogP contribution in [0.15, 0.2) is 88.9 Å². The van der Waals surface area contributed by atoms with Crippen molar-refractivity contribution in [2.45, 2.75) is 25.7 Å². The van der Waals surface area contributed by atoms with E-state index in [1.807, 2.05) is 32.0 Å². The standard InChI is InChI=1S/C30H32N4O5S/c1-21-11-9-10-14-27(21)34-22(2)17-24(23(34)3)19-31-32-30(35)20-33(25-12-7-6-8-13-25)40(36,37)26-15-16-28(38-4)29(18-26)39-5/h6-19H,20H2,1-5H3,(H,32,35)/b31-19-. The highest BCUT2D eigenvalue weighted by Gasteiger charge is 2.28. The molecule has 0 saturated heterocycles. The number of aryl methyl sites for hydroxylation is 2. The largest absolute Gasteiger partial charge is 0.493 e. The molecule has 0 atom stereocenters. The molecule has 0 aliphatic heterocycles. The Bertz CT molecular complexity index is 1650. The van der Waals surface area contributed by atoms with Gasteiger partial charge in [0.15, 0.2) is 11.5 Å². The van der Waals surface area contributed by atoms with Crippen LogP contribution >= 0.6 is 0 Å². The summed E-state index contributed by atoms with van der Waals surface area (Å²) in [6.07, 6.45) is 1.56. The number of sulfonamides is 1. The number of hydrazone groups is 1. The monoisotopic (exact) mass is 560 g/mol. The zero-order valence-electron chi connectivity index (χ0n) is 23.1. The van der Waals surface area contributed by atoms with Gasteiger partial charge in [-0.25, -0.2) is 13.8 Å². The summed E-state index contributed by atoms with van der Waals surface area (Å²) in [7, 11) is -1.26. The summed E-state index contributed by atoms with van der Waals surface area (Å²) in [5, 5.41) is 4.13. The number of rotatable bonds is 10. The Morgan fingerprint density at radius 3 is 2.27 bits per heavy atom. The average molecular weight is 561 g/mol. The van der Waals surface area contributed by atoms with E-state index >= 15 is 0 Å². The lowest BCUT2D eigenvalue weighted by atomic mass is 10.2. The Balaban J connectivity index is 1.57. The number of benzene rings is 3. The van der Waals surface area contributed by atoms with Crippen molar-refractivity contribution in [2.75, 3.05) is 25.1 Å². The fourth-order valence-corrected chi connectivity index (χ4v) is 5.89. The molecule has 9 nitrogen and oxygen atoms in total. The van der Waals surface area contributed by atoms with Crippen LogP contribution < -0.4 is 19.2 Å². The number of nitrogens with one attached hydrogen (secondary N) is 1. The van der Waals surface area contributed by atoms with Crippen molar-refractivity contribution in [1.29, 1.82) is 0 Å². The number of hydrogen-bond acceptors (Lipinski definition) is 6. The number of methoxy groups -OCH3 is 2. The lowest BCUT2D eigenvalue weighted by molar-refractivity contribution is -0.119. The summed E-state index contributed by atoms with van der Waals surface area (Å²) in [5.41, 5.74) is 7.83. The first kappa shape index (κ1) is 28.4. The highest BCUT2D eigenvalue weighted by atomic mass is 32.2. The van der Waals surface area contributed by atoms with Crippen LogP contribution in [0, 0.1) is 20.8 Å². The molecule has 40 heavy (non-hydrogen) atoms. The summed E-state index contributed by atoms with van der Waals surface area (Å²) in [6, 6.07) is 22.8. The van der Waals surface area contributed by atoms with Gasteiger partial charge in [0.2, 0.25) is 0 Å². The second-order valence-corrected chi connectivity index (χ2v) is 11.0. The van der Waals surface area contributed by atoms with Gasteiger partial charge < -0.3 is 14.0 Å². The van der Waals surface area contributed by atoms with E-state index in [1.165, 1.54) is 32.4 Å². The topological polar surface area (TPSA) is 102 Å². The number of carbonyl (C=O) groups excluding carboxylic acids is 1. The van der Waals surface area contributed by atoms with Crippen LogP contribution in [0.1, 0.15) is 22.5 Å². The van der Waals surface area contributed by atoms with Gasteiger partial charge in [0.05, 0.1) is 31.0 Å². The second kappa shape index (κ2) is 12.1. The number of anilines is 1. The fraction of sp³-hybridized carbons (Fsp3) is 0.200. The maximum Gasteiger partial charge on any atom is 0.264 e. The van der Waals surface area contributed by atoms with E-state index in [2.05, 4.69) is 34.2 Å². The van der Waals surface area contributed by atoms with Crippen LogP contribution in [0.5, 0.6) is 11.5 Å². The summed E-state index contributed by atoms with van der Waals surface area (Å²) in [4.78, 5) is 12.9. The third-order valence-electron chi connectivity index (χ3n) is 6.49. The fourth-order valence-electron chi connectivity index (χ4n) is 4.46. The Labute approximate surface area is 234 Å². The van der Waals surface area contributed by atoms with E-state index in [0.29, 0.717) is 11.4 Å². The van der Waals surface area contributed by atoms with Gasteiger partial charge >= 0.3 is 0 Å². The van der Waals surface area contributed by atoms with Crippen LogP contribution in [0.25, 0.3) is 5.69 Å². The molecule has 0 bridgehead atoms. The minimum atomic E-state index is -4.15. The highest BCUT2D eigenvalue weighted by molar-refractivity contribution is 7.92. The first-order valence-electron chi connectivity index (χ1n) is 12.5. The summed E-state index contributed by atoms with van der Waals surface area (Å²) in [5.74, 6) is 0.0485. The zero-order valence-corrected chi connectivity index (χ0v) is 23.9. The molecule has 0 unspecified atom stereocenters. The van der Waals surface area contributed by atoms with Gasteiger partial charge in [-0.2, -0.15) is 5.10 Å². The van der Waals surface area contributed by atoms with Crippen molar-refractivity contribution in [3.8, 4) is 17.2 Å². The molecule has 0 spiro atoms. The van der Waals surface area contributed by atoms with E-state index < -0.39 is 22.5 Å². The molecule has 1 heterocycles. The molecule has 208 valence electrons. The van der Waals surface area contributed by atoms with Crippen molar-refractivity contribution in [2.24, 2.45) is 5.10 Å². The van der Waals surface area contributed by atoms with Gasteiger partial charge in [0.1, 0.15) is 6.54 Å². The number of para-hydroxylation sites is 2. The molecule has 0 aliphatic rings. The van der Waals surface area contributed by atoms with Crippen LogP contribution in [-0.4, -0.2) is 45.9 Å². The number of hydrogen-bond donors (Lipinski definition) is 1. The summed E-state index contributed by atoms with van der Waals surface area (Å²) in [6.45, 7) is 5.55. The van der Waals surface area contributed by atoms with Crippen molar-refractivity contribution >= 4 is 27.8 Å². The maximum absolute atomic E-state index is 13.7. The molecule has 3 aromatic carbocycles. The number of nitrogens with zero attached hydrogens (tertiary/aromatic N) is 3. The molecule has 0 saturated carbocycles. The van der Waals surface area contributed by atoms with E-state index in [0.717, 1.165) is 32.5 Å². The SMILES string of the molecule is COc1ccc(S(=O)(=O)N(CC(=O)N/N=C\c2cc(C)n(-c3ccccc3C)c2C)c2ccccc2)cc1OC. The summed E-state index contributed by atoms with van der Waals surface area (Å²) >= 11 is 0. The zero-order chi connectivity index (χ0) is 28.9. The van der Waals surface area contributed by atoms with Crippen LogP contribution in [0.3, 0.4) is 0 Å². The minimum absolute atomic E-state index is 0.0473. The first-order valence-corrected chi connectivity index (χ1v) is 14.0. The molecule has 4 rings (SSSR count). The van der Waals surface area contributed by atoms with E-state index in [-0.39, 0.29) is 10.6 Å². The smallest absolute Gasteiger partial charge is 0.264 e. The predicted molar refractivity (Wildman–Crippen MR) is 156 cm³/mol. The first-order chi connectivity index (χ1) is 19.2. The number of amides is 1. The van der Waals surface area contributed by atoms with Gasteiger partial charge in [-0.1, -0.05) is 36.4 Å². The van der Waals surface area contributed by atoms with Gasteiger partial charge in [-0.05, 0) is 62.7 Å². The van der Waals surface area contributed by atoms with Crippen LogP contribution in [-0.2, 0) is 14.8 Å². The lowest BCUT2D eigenvalue weighted by Gasteiger charge is -2.24. The van der Waals surface area contributed by atoms with Gasteiger partial charge in [0.25, 0.3) is 15.9 Å². The van der Waals surface area contributed by atoms with Crippen molar-refractivity contribution in [1.82, 2.24) is 9.99 Å². The normalized spacial score (nSPS) is 11.4. The molecule has 4 aromatic rings. The lowest BCUT2D eigenvalue weighted by Crippen LogP contribution is -2.39. The molecular weight excluding hydrogens is 528 g/mol. The van der Waals surface area contributed by atoms with E-state index in [9.17, 15) is 13.2 Å². The van der Waals surface area contributed by atoms with Crippen molar-refractivity contribution in [3.63, 3.8) is 0 Å².